The third-order valence-corrected chi connectivity index (χ3v) is 3.69. The quantitative estimate of drug-likeness (QED) is 0.363. The molecule has 2 aromatic rings. The lowest BCUT2D eigenvalue weighted by atomic mass is 10.2. The van der Waals surface area contributed by atoms with E-state index in [0.29, 0.717) is 5.69 Å². The van der Waals surface area contributed by atoms with Crippen LogP contribution in [0.2, 0.25) is 0 Å². The van der Waals surface area contributed by atoms with Crippen LogP contribution in [0.5, 0.6) is 5.75 Å². The van der Waals surface area contributed by atoms with Gasteiger partial charge >= 0.3 is 12.0 Å². The fourth-order valence-electron chi connectivity index (χ4n) is 2.26. The van der Waals surface area contributed by atoms with Gasteiger partial charge in [-0.3, -0.25) is 14.9 Å². The largest absolute Gasteiger partial charge is 0.495 e. The number of esters is 1. The van der Waals surface area contributed by atoms with Crippen molar-refractivity contribution < 1.29 is 28.8 Å². The molecule has 2 rings (SSSR count). The Balaban J connectivity index is 2.05. The van der Waals surface area contributed by atoms with Crippen LogP contribution in [0.1, 0.15) is 17.3 Å². The number of hydrogen-bond acceptors (Lipinski definition) is 7. The van der Waals surface area contributed by atoms with E-state index in [0.717, 1.165) is 6.07 Å². The van der Waals surface area contributed by atoms with Crippen molar-refractivity contribution in [1.82, 2.24) is 0 Å². The van der Waals surface area contributed by atoms with Crippen molar-refractivity contribution in [2.45, 2.75) is 13.0 Å². The maximum absolute atomic E-state index is 12.3. The van der Waals surface area contributed by atoms with Gasteiger partial charge in [-0.2, -0.15) is 0 Å². The lowest BCUT2D eigenvalue weighted by Crippen LogP contribution is -2.30. The van der Waals surface area contributed by atoms with Crippen LogP contribution in [-0.4, -0.2) is 36.0 Å². The number of carbonyl (C=O) groups excluding carboxylic acids is 3. The predicted octanol–water partition coefficient (Wildman–Crippen LogP) is 2.28. The van der Waals surface area contributed by atoms with E-state index in [2.05, 4.69) is 10.6 Å². The van der Waals surface area contributed by atoms with E-state index in [1.165, 1.54) is 50.4 Å². The first-order chi connectivity index (χ1) is 13.7. The molecule has 0 radical (unpaired) electrons. The Morgan fingerprint density at radius 2 is 1.76 bits per heavy atom. The van der Waals surface area contributed by atoms with Gasteiger partial charge in [-0.15, -0.1) is 0 Å². The second-order valence-corrected chi connectivity index (χ2v) is 5.75. The number of hydrogen-bond donors (Lipinski definition) is 3. The van der Waals surface area contributed by atoms with Gasteiger partial charge in [-0.05, 0) is 37.3 Å². The molecule has 11 heteroatoms. The zero-order chi connectivity index (χ0) is 21.6. The number of urea groups is 1. The highest BCUT2D eigenvalue weighted by atomic mass is 16.6. The third-order valence-electron chi connectivity index (χ3n) is 3.69. The summed E-state index contributed by atoms with van der Waals surface area (Å²) in [6.45, 7) is 1.35. The number of benzene rings is 2. The van der Waals surface area contributed by atoms with Crippen molar-refractivity contribution in [3.8, 4) is 5.75 Å². The van der Waals surface area contributed by atoms with Gasteiger partial charge in [0, 0.05) is 17.8 Å². The summed E-state index contributed by atoms with van der Waals surface area (Å²) < 4.78 is 10.2. The Bertz CT molecular complexity index is 944. The van der Waals surface area contributed by atoms with E-state index in [-0.39, 0.29) is 22.7 Å². The minimum atomic E-state index is -1.20. The molecule has 0 aliphatic rings. The number of nitrogens with one attached hydrogen (secondary N) is 2. The van der Waals surface area contributed by atoms with E-state index in [1.807, 2.05) is 0 Å². The Morgan fingerprint density at radius 3 is 2.31 bits per heavy atom. The summed E-state index contributed by atoms with van der Waals surface area (Å²) in [5.74, 6) is -1.27. The summed E-state index contributed by atoms with van der Waals surface area (Å²) in [5, 5.41) is 15.7. The number of nitro benzene ring substituents is 1. The molecule has 0 bridgehead atoms. The lowest BCUT2D eigenvalue weighted by molar-refractivity contribution is -0.384. The Hall–Kier alpha value is -4.15. The van der Waals surface area contributed by atoms with E-state index >= 15 is 0 Å². The molecule has 0 aliphatic heterocycles. The van der Waals surface area contributed by atoms with Crippen molar-refractivity contribution in [2.24, 2.45) is 5.73 Å². The number of primary amides is 1. The molecule has 0 fully saturated rings. The maximum Gasteiger partial charge on any atom is 0.338 e. The predicted molar refractivity (Wildman–Crippen MR) is 103 cm³/mol. The van der Waals surface area contributed by atoms with Gasteiger partial charge in [-0.1, -0.05) is 0 Å². The van der Waals surface area contributed by atoms with Crippen molar-refractivity contribution in [3.05, 3.63) is 58.1 Å². The summed E-state index contributed by atoms with van der Waals surface area (Å²) in [4.78, 5) is 45.6. The van der Waals surface area contributed by atoms with E-state index in [4.69, 9.17) is 15.2 Å². The normalized spacial score (nSPS) is 11.1. The SMILES string of the molecule is COc1ccc([N+](=O)[O-])cc1NC(=O)[C@H](C)OC(=O)c1ccc(NC(N)=O)cc1. The summed E-state index contributed by atoms with van der Waals surface area (Å²) in [6, 6.07) is 8.63. The average molecular weight is 402 g/mol. The number of non-ortho nitro benzene ring substituents is 1. The van der Waals surface area contributed by atoms with Gasteiger partial charge in [0.15, 0.2) is 6.10 Å². The molecular formula is C18H18N4O7. The molecule has 11 nitrogen and oxygen atoms in total. The number of ether oxygens (including phenoxy) is 2. The Morgan fingerprint density at radius 1 is 1.10 bits per heavy atom. The molecule has 3 amide bonds. The van der Waals surface area contributed by atoms with Crippen molar-refractivity contribution in [2.75, 3.05) is 17.7 Å². The van der Waals surface area contributed by atoms with Crippen LogP contribution in [0.4, 0.5) is 21.9 Å². The van der Waals surface area contributed by atoms with Crippen LogP contribution in [0.25, 0.3) is 0 Å². The highest BCUT2D eigenvalue weighted by Crippen LogP contribution is 2.29. The molecule has 1 atom stereocenters. The lowest BCUT2D eigenvalue weighted by Gasteiger charge is -2.15. The molecule has 0 aliphatic carbocycles. The first-order valence-electron chi connectivity index (χ1n) is 8.22. The van der Waals surface area contributed by atoms with Crippen LogP contribution in [-0.2, 0) is 9.53 Å². The molecule has 0 saturated heterocycles. The summed E-state index contributed by atoms with van der Waals surface area (Å²) in [7, 11) is 1.34. The van der Waals surface area contributed by atoms with Crippen LogP contribution >= 0.6 is 0 Å². The van der Waals surface area contributed by atoms with Crippen LogP contribution in [0.15, 0.2) is 42.5 Å². The number of anilines is 2. The fourth-order valence-corrected chi connectivity index (χ4v) is 2.26. The van der Waals surface area contributed by atoms with E-state index < -0.39 is 28.9 Å². The first-order valence-corrected chi connectivity index (χ1v) is 8.22. The van der Waals surface area contributed by atoms with Crippen LogP contribution in [0, 0.1) is 10.1 Å². The average Bonchev–Trinajstić information content (AvgIpc) is 2.67. The number of nitro groups is 1. The second kappa shape index (κ2) is 9.17. The monoisotopic (exact) mass is 402 g/mol. The molecule has 29 heavy (non-hydrogen) atoms. The molecule has 4 N–H and O–H groups in total. The number of methoxy groups -OCH3 is 1. The summed E-state index contributed by atoms with van der Waals surface area (Å²) in [6.07, 6.45) is -1.20. The number of amides is 3. The minimum absolute atomic E-state index is 0.0662. The molecule has 0 aromatic heterocycles. The molecule has 0 unspecified atom stereocenters. The van der Waals surface area contributed by atoms with E-state index in [9.17, 15) is 24.5 Å². The highest BCUT2D eigenvalue weighted by Gasteiger charge is 2.21. The van der Waals surface area contributed by atoms with Gasteiger partial charge < -0.3 is 25.8 Å². The first kappa shape index (κ1) is 21.2. The van der Waals surface area contributed by atoms with Gasteiger partial charge in [0.1, 0.15) is 5.75 Å². The number of rotatable bonds is 7. The standard InChI is InChI=1S/C18H18N4O7/c1-10(29-17(24)11-3-5-12(6-4-11)20-18(19)25)16(23)21-14-9-13(22(26)27)7-8-15(14)28-2/h3-10H,1-2H3,(H,21,23)(H3,19,20,25)/t10-/m0/s1. The molecule has 0 spiro atoms. The smallest absolute Gasteiger partial charge is 0.338 e. The third kappa shape index (κ3) is 5.66. The topological polar surface area (TPSA) is 163 Å². The zero-order valence-electron chi connectivity index (χ0n) is 15.5. The highest BCUT2D eigenvalue weighted by molar-refractivity contribution is 5.98. The van der Waals surface area contributed by atoms with Gasteiger partial charge in [0.05, 0.1) is 23.3 Å². The second-order valence-electron chi connectivity index (χ2n) is 5.75. The molecule has 0 heterocycles. The van der Waals surface area contributed by atoms with Crippen molar-refractivity contribution in [1.29, 1.82) is 0 Å². The summed E-state index contributed by atoms with van der Waals surface area (Å²) >= 11 is 0. The van der Waals surface area contributed by atoms with Crippen LogP contribution < -0.4 is 21.1 Å². The molecule has 152 valence electrons. The minimum Gasteiger partial charge on any atom is -0.495 e. The van der Waals surface area contributed by atoms with Crippen LogP contribution in [0.3, 0.4) is 0 Å². The maximum atomic E-state index is 12.3. The zero-order valence-corrected chi connectivity index (χ0v) is 15.5. The molecule has 0 saturated carbocycles. The van der Waals surface area contributed by atoms with Gasteiger partial charge in [-0.25, -0.2) is 9.59 Å². The molecule has 2 aromatic carbocycles. The van der Waals surface area contributed by atoms with Crippen molar-refractivity contribution in [3.63, 3.8) is 0 Å². The number of carbonyl (C=O) groups is 3. The van der Waals surface area contributed by atoms with Crippen molar-refractivity contribution >= 4 is 35.0 Å². The summed E-state index contributed by atoms with van der Waals surface area (Å²) in [5.41, 5.74) is 5.36. The number of nitrogens with zero attached hydrogens (tertiary/aromatic N) is 1. The van der Waals surface area contributed by atoms with Gasteiger partial charge in [0.2, 0.25) is 0 Å². The fraction of sp³-hybridized carbons (Fsp3) is 0.167. The Labute approximate surface area is 164 Å². The van der Waals surface area contributed by atoms with Gasteiger partial charge in [0.25, 0.3) is 11.6 Å². The molecular weight excluding hydrogens is 384 g/mol. The van der Waals surface area contributed by atoms with E-state index in [1.54, 1.807) is 0 Å². The Kier molecular flexibility index (Phi) is 6.69. The number of nitrogens with two attached hydrogens (primary N) is 1.